The van der Waals surface area contributed by atoms with Gasteiger partial charge in [0.25, 0.3) is 0 Å². The van der Waals surface area contributed by atoms with Crippen molar-refractivity contribution in [2.75, 3.05) is 52.4 Å². The van der Waals surface area contributed by atoms with E-state index in [0.29, 0.717) is 6.61 Å². The van der Waals surface area contributed by atoms with Crippen molar-refractivity contribution in [1.29, 1.82) is 0 Å². The molecule has 0 aliphatic carbocycles. The zero-order valence-corrected chi connectivity index (χ0v) is 11.7. The lowest BCUT2D eigenvalue weighted by Crippen LogP contribution is -2.74. The van der Waals surface area contributed by atoms with Gasteiger partial charge in [0.05, 0.1) is 6.61 Å². The number of fused-ring (bicyclic) bond motifs is 3. The van der Waals surface area contributed by atoms with Crippen LogP contribution in [-0.4, -0.2) is 66.5 Å². The molecule has 1 radical (unpaired) electrons. The Morgan fingerprint density at radius 1 is 1.00 bits per heavy atom. The van der Waals surface area contributed by atoms with Crippen LogP contribution < -0.4 is 0 Å². The maximum Gasteiger partial charge on any atom is 0.129 e. The molecule has 0 atom stereocenters. The van der Waals surface area contributed by atoms with Crippen molar-refractivity contribution >= 4 is 0 Å². The molecule has 0 spiro atoms. The van der Waals surface area contributed by atoms with E-state index in [-0.39, 0.29) is 0 Å². The number of hydrogen-bond donors (Lipinski definition) is 1. The van der Waals surface area contributed by atoms with Gasteiger partial charge in [-0.2, -0.15) is 0 Å². The number of aliphatic hydroxyl groups is 1. The van der Waals surface area contributed by atoms with Crippen molar-refractivity contribution in [3.05, 3.63) is 42.3 Å². The molecule has 3 saturated heterocycles. The predicted molar refractivity (Wildman–Crippen MR) is 76.3 cm³/mol. The normalized spacial score (nSPS) is 33.6. The molecule has 2 bridgehead atoms. The Kier molecular flexibility index (Phi) is 3.37. The van der Waals surface area contributed by atoms with Crippen molar-refractivity contribution in [2.45, 2.75) is 6.54 Å². The van der Waals surface area contributed by atoms with Gasteiger partial charge >= 0.3 is 0 Å². The fraction of sp³-hybridized carbons (Fsp3) is 0.562. The molecule has 0 aromatic heterocycles. The lowest BCUT2D eigenvalue weighted by atomic mass is 10.0. The number of rotatable bonds is 4. The molecule has 0 saturated carbocycles. The van der Waals surface area contributed by atoms with Crippen molar-refractivity contribution in [3.63, 3.8) is 0 Å². The highest BCUT2D eigenvalue weighted by atomic mass is 16.3. The molecule has 3 aliphatic rings. The summed E-state index contributed by atoms with van der Waals surface area (Å²) in [5.74, 6) is 0. The summed E-state index contributed by atoms with van der Waals surface area (Å²) in [5.41, 5.74) is 2.55. The molecular weight excluding hydrogens is 236 g/mol. The lowest BCUT2D eigenvalue weighted by Gasteiger charge is -2.55. The van der Waals surface area contributed by atoms with Crippen LogP contribution in [0.25, 0.3) is 0 Å². The van der Waals surface area contributed by atoms with Crippen LogP contribution in [0.1, 0.15) is 11.1 Å². The summed E-state index contributed by atoms with van der Waals surface area (Å²) in [4.78, 5) is 0. The summed E-state index contributed by atoms with van der Waals surface area (Å²) in [6.45, 7) is 14.0. The Morgan fingerprint density at radius 2 is 1.63 bits per heavy atom. The number of quaternary nitrogens is 2. The van der Waals surface area contributed by atoms with Crippen molar-refractivity contribution in [3.8, 4) is 0 Å². The standard InChI is InChI=1S/C16H25N2O/c1-15-3-2-4-16(13-15)14-18-8-5-17(6-9-18,7-10-18)11-12-19/h2-4,13,19H,1,5-12,14H2/q+2. The van der Waals surface area contributed by atoms with Gasteiger partial charge in [0, 0.05) is 5.56 Å². The minimum Gasteiger partial charge on any atom is -0.391 e. The molecule has 3 heterocycles. The highest BCUT2D eigenvalue weighted by molar-refractivity contribution is 5.24. The van der Waals surface area contributed by atoms with Crippen LogP contribution in [0.2, 0.25) is 0 Å². The smallest absolute Gasteiger partial charge is 0.129 e. The maximum atomic E-state index is 9.23. The summed E-state index contributed by atoms with van der Waals surface area (Å²) in [7, 11) is 0. The molecule has 3 heteroatoms. The predicted octanol–water partition coefficient (Wildman–Crippen LogP) is 1.02. The van der Waals surface area contributed by atoms with Crippen LogP contribution in [0, 0.1) is 6.92 Å². The average molecular weight is 261 g/mol. The highest BCUT2D eigenvalue weighted by Gasteiger charge is 2.48. The first-order chi connectivity index (χ1) is 9.15. The van der Waals surface area contributed by atoms with E-state index >= 15 is 0 Å². The molecule has 1 N–H and O–H groups in total. The van der Waals surface area contributed by atoms with E-state index in [4.69, 9.17) is 0 Å². The van der Waals surface area contributed by atoms with Crippen LogP contribution in [0.5, 0.6) is 0 Å². The molecule has 3 fully saturated rings. The monoisotopic (exact) mass is 261 g/mol. The van der Waals surface area contributed by atoms with Gasteiger partial charge in [0.1, 0.15) is 52.4 Å². The second-order valence-corrected chi connectivity index (χ2v) is 6.45. The summed E-state index contributed by atoms with van der Waals surface area (Å²) < 4.78 is 2.40. The molecule has 4 rings (SSSR count). The van der Waals surface area contributed by atoms with Crippen LogP contribution in [0.4, 0.5) is 0 Å². The largest absolute Gasteiger partial charge is 0.391 e. The van der Waals surface area contributed by atoms with Crippen molar-refractivity contribution in [1.82, 2.24) is 0 Å². The summed E-state index contributed by atoms with van der Waals surface area (Å²) in [6.07, 6.45) is 0. The second-order valence-electron chi connectivity index (χ2n) is 6.45. The Morgan fingerprint density at radius 3 is 2.21 bits per heavy atom. The van der Waals surface area contributed by atoms with Gasteiger partial charge in [-0.05, 0) is 12.5 Å². The molecule has 3 aliphatic heterocycles. The third-order valence-electron chi connectivity index (χ3n) is 5.23. The van der Waals surface area contributed by atoms with E-state index in [9.17, 15) is 5.11 Å². The molecule has 0 unspecified atom stereocenters. The highest BCUT2D eigenvalue weighted by Crippen LogP contribution is 2.28. The Hall–Kier alpha value is -0.900. The first kappa shape index (κ1) is 13.1. The van der Waals surface area contributed by atoms with Crippen LogP contribution >= 0.6 is 0 Å². The Bertz CT molecular complexity index is 433. The van der Waals surface area contributed by atoms with E-state index in [0.717, 1.165) is 23.1 Å². The fourth-order valence-corrected chi connectivity index (χ4v) is 3.84. The summed E-state index contributed by atoms with van der Waals surface area (Å²) in [6, 6.07) is 8.65. The van der Waals surface area contributed by atoms with E-state index in [2.05, 4.69) is 31.2 Å². The van der Waals surface area contributed by atoms with Gasteiger partial charge in [-0.15, -0.1) is 0 Å². The number of nitrogens with zero attached hydrogens (tertiary/aromatic N) is 2. The van der Waals surface area contributed by atoms with Gasteiger partial charge < -0.3 is 14.1 Å². The van der Waals surface area contributed by atoms with E-state index in [1.54, 1.807) is 0 Å². The lowest BCUT2D eigenvalue weighted by molar-refractivity contribution is -1.09. The third kappa shape index (κ3) is 2.55. The Balaban J connectivity index is 1.70. The summed E-state index contributed by atoms with van der Waals surface area (Å²) in [5, 5.41) is 9.23. The van der Waals surface area contributed by atoms with Gasteiger partial charge in [-0.1, -0.05) is 24.3 Å². The van der Waals surface area contributed by atoms with Crippen molar-refractivity contribution in [2.24, 2.45) is 0 Å². The number of piperazine rings is 3. The van der Waals surface area contributed by atoms with Crippen LogP contribution in [0.3, 0.4) is 0 Å². The fourth-order valence-electron chi connectivity index (χ4n) is 3.84. The first-order valence-electron chi connectivity index (χ1n) is 7.37. The molecule has 3 nitrogen and oxygen atoms in total. The van der Waals surface area contributed by atoms with Gasteiger partial charge in [-0.25, -0.2) is 0 Å². The summed E-state index contributed by atoms with van der Waals surface area (Å²) >= 11 is 0. The van der Waals surface area contributed by atoms with Crippen molar-refractivity contribution < 1.29 is 14.1 Å². The molecule has 19 heavy (non-hydrogen) atoms. The SMILES string of the molecule is [CH2]c1cccc(C[N+]23CC[N+](CCO)(CC2)CC3)c1. The maximum absolute atomic E-state index is 9.23. The van der Waals surface area contributed by atoms with E-state index < -0.39 is 0 Å². The quantitative estimate of drug-likeness (QED) is 0.803. The number of aliphatic hydroxyl groups excluding tert-OH is 1. The van der Waals surface area contributed by atoms with Gasteiger partial charge in [0.2, 0.25) is 0 Å². The zero-order valence-electron chi connectivity index (χ0n) is 11.7. The minimum atomic E-state index is 0.337. The Labute approximate surface area is 116 Å². The topological polar surface area (TPSA) is 20.2 Å². The van der Waals surface area contributed by atoms with Gasteiger partial charge in [0.15, 0.2) is 0 Å². The molecule has 103 valence electrons. The zero-order chi connectivity index (χ0) is 13.3. The molecule has 1 aromatic carbocycles. The average Bonchev–Trinajstić information content (AvgIpc) is 2.41. The molecule has 0 amide bonds. The molecule has 1 aromatic rings. The first-order valence-corrected chi connectivity index (χ1v) is 7.37. The third-order valence-corrected chi connectivity index (χ3v) is 5.23. The van der Waals surface area contributed by atoms with E-state index in [1.807, 2.05) is 0 Å². The number of hydrogen-bond acceptors (Lipinski definition) is 1. The van der Waals surface area contributed by atoms with Gasteiger partial charge in [-0.3, -0.25) is 0 Å². The van der Waals surface area contributed by atoms with Crippen LogP contribution in [-0.2, 0) is 6.54 Å². The molecular formula is C16H25N2O+2. The van der Waals surface area contributed by atoms with E-state index in [1.165, 1.54) is 49.3 Å². The van der Waals surface area contributed by atoms with Crippen LogP contribution in [0.15, 0.2) is 24.3 Å². The second kappa shape index (κ2) is 4.89. The number of benzene rings is 1. The minimum absolute atomic E-state index is 0.337.